The Hall–Kier alpha value is -2.32. The fourth-order valence-corrected chi connectivity index (χ4v) is 3.13. The molecule has 3 rings (SSSR count). The molecule has 2 aromatic rings. The molecule has 1 saturated heterocycles. The van der Waals surface area contributed by atoms with Gasteiger partial charge >= 0.3 is 0 Å². The Morgan fingerprint density at radius 2 is 2.04 bits per heavy atom. The number of para-hydroxylation sites is 1. The molecule has 7 nitrogen and oxygen atoms in total. The molecule has 1 N–H and O–H groups in total. The summed E-state index contributed by atoms with van der Waals surface area (Å²) in [6, 6.07) is 10.7. The number of morpholine rings is 1. The van der Waals surface area contributed by atoms with Gasteiger partial charge in [-0.25, -0.2) is 4.98 Å². The molecule has 2 heterocycles. The minimum absolute atomic E-state index is 0.0156. The average Bonchev–Trinajstić information content (AvgIpc) is 2.66. The lowest BCUT2D eigenvalue weighted by molar-refractivity contribution is -0.132. The molecule has 25 heavy (non-hydrogen) atoms. The number of hydrogen-bond donors (Lipinski definition) is 1. The van der Waals surface area contributed by atoms with Crippen LogP contribution in [-0.2, 0) is 16.1 Å². The summed E-state index contributed by atoms with van der Waals surface area (Å²) in [5.41, 5.74) is 0.261. The predicted octanol–water partition coefficient (Wildman–Crippen LogP) is 1.30. The number of benzene rings is 1. The van der Waals surface area contributed by atoms with Crippen molar-refractivity contribution >= 4 is 17.7 Å². The van der Waals surface area contributed by atoms with E-state index in [-0.39, 0.29) is 23.8 Å². The summed E-state index contributed by atoms with van der Waals surface area (Å²) in [5, 5.41) is 0.417. The fraction of sp³-hybridized carbons (Fsp3) is 0.353. The predicted molar refractivity (Wildman–Crippen MR) is 93.8 cm³/mol. The van der Waals surface area contributed by atoms with Crippen molar-refractivity contribution in [1.29, 1.82) is 0 Å². The Bertz CT molecular complexity index is 760. The molecule has 1 aromatic carbocycles. The molecule has 1 fully saturated rings. The summed E-state index contributed by atoms with van der Waals surface area (Å²) >= 11 is 1.22. The number of nitrogens with one attached hydrogen (secondary N) is 1. The van der Waals surface area contributed by atoms with Gasteiger partial charge in [-0.1, -0.05) is 30.0 Å². The molecule has 0 unspecified atom stereocenters. The molecule has 132 valence electrons. The van der Waals surface area contributed by atoms with E-state index in [9.17, 15) is 9.59 Å². The zero-order valence-electron chi connectivity index (χ0n) is 13.6. The number of H-pyrrole nitrogens is 1. The summed E-state index contributed by atoms with van der Waals surface area (Å²) in [6.07, 6.45) is 0. The average molecular weight is 361 g/mol. The van der Waals surface area contributed by atoms with E-state index in [4.69, 9.17) is 9.47 Å². The number of hydrogen-bond acceptors (Lipinski definition) is 6. The first kappa shape index (κ1) is 17.5. The summed E-state index contributed by atoms with van der Waals surface area (Å²) in [5.74, 6) is 0.953. The van der Waals surface area contributed by atoms with Crippen molar-refractivity contribution in [3.8, 4) is 5.75 Å². The highest BCUT2D eigenvalue weighted by molar-refractivity contribution is 7.99. The molecule has 0 atom stereocenters. The van der Waals surface area contributed by atoms with Gasteiger partial charge in [-0.3, -0.25) is 9.59 Å². The van der Waals surface area contributed by atoms with Crippen molar-refractivity contribution in [2.24, 2.45) is 0 Å². The number of ether oxygens (including phenoxy) is 2. The maximum absolute atomic E-state index is 12.2. The van der Waals surface area contributed by atoms with Crippen LogP contribution in [0.15, 0.2) is 46.3 Å². The number of amides is 1. The van der Waals surface area contributed by atoms with Gasteiger partial charge < -0.3 is 19.4 Å². The number of thioether (sulfide) groups is 1. The van der Waals surface area contributed by atoms with Gasteiger partial charge in [-0.15, -0.1) is 0 Å². The molecule has 1 aromatic heterocycles. The first-order valence-corrected chi connectivity index (χ1v) is 8.96. The number of carbonyl (C=O) groups is 1. The molecule has 0 radical (unpaired) electrons. The second kappa shape index (κ2) is 8.68. The van der Waals surface area contributed by atoms with Crippen LogP contribution in [0.4, 0.5) is 0 Å². The van der Waals surface area contributed by atoms with Crippen molar-refractivity contribution in [2.75, 3.05) is 32.1 Å². The zero-order valence-corrected chi connectivity index (χ0v) is 14.5. The standard InChI is InChI=1S/C17H19N3O4S/c21-15-10-13(11-24-14-4-2-1-3-5-14)18-17(19-15)25-12-16(22)20-6-8-23-9-7-20/h1-5,10H,6-9,11-12H2,(H,18,19,21). The van der Waals surface area contributed by atoms with Crippen molar-refractivity contribution in [1.82, 2.24) is 14.9 Å². The van der Waals surface area contributed by atoms with Crippen molar-refractivity contribution in [3.05, 3.63) is 52.4 Å². The second-order valence-electron chi connectivity index (χ2n) is 5.43. The zero-order chi connectivity index (χ0) is 17.5. The fourth-order valence-electron chi connectivity index (χ4n) is 2.33. The van der Waals surface area contributed by atoms with E-state index in [1.54, 1.807) is 4.90 Å². The second-order valence-corrected chi connectivity index (χ2v) is 6.39. The quantitative estimate of drug-likeness (QED) is 0.617. The van der Waals surface area contributed by atoms with Crippen LogP contribution < -0.4 is 10.3 Å². The van der Waals surface area contributed by atoms with Crippen LogP contribution in [0.3, 0.4) is 0 Å². The minimum Gasteiger partial charge on any atom is -0.487 e. The summed E-state index contributed by atoms with van der Waals surface area (Å²) < 4.78 is 10.8. The van der Waals surface area contributed by atoms with E-state index in [0.29, 0.717) is 42.9 Å². The van der Waals surface area contributed by atoms with Crippen molar-refractivity contribution < 1.29 is 14.3 Å². The van der Waals surface area contributed by atoms with Crippen molar-refractivity contribution in [3.63, 3.8) is 0 Å². The lowest BCUT2D eigenvalue weighted by Crippen LogP contribution is -2.41. The van der Waals surface area contributed by atoms with Crippen LogP contribution in [0.25, 0.3) is 0 Å². The third kappa shape index (κ3) is 5.33. The van der Waals surface area contributed by atoms with Gasteiger partial charge in [-0.2, -0.15) is 0 Å². The Kier molecular flexibility index (Phi) is 6.08. The minimum atomic E-state index is -0.261. The summed E-state index contributed by atoms with van der Waals surface area (Å²) in [4.78, 5) is 32.7. The lowest BCUT2D eigenvalue weighted by atomic mass is 10.3. The largest absolute Gasteiger partial charge is 0.487 e. The number of rotatable bonds is 6. The van der Waals surface area contributed by atoms with E-state index in [2.05, 4.69) is 9.97 Å². The van der Waals surface area contributed by atoms with Gasteiger partial charge in [0.1, 0.15) is 12.4 Å². The maximum atomic E-state index is 12.2. The Morgan fingerprint density at radius 3 is 2.80 bits per heavy atom. The van der Waals surface area contributed by atoms with Gasteiger partial charge in [0.15, 0.2) is 5.16 Å². The molecule has 0 aliphatic carbocycles. The van der Waals surface area contributed by atoms with E-state index >= 15 is 0 Å². The van der Waals surface area contributed by atoms with Crippen LogP contribution in [0.1, 0.15) is 5.69 Å². The van der Waals surface area contributed by atoms with Crippen LogP contribution in [-0.4, -0.2) is 52.8 Å². The third-order valence-corrected chi connectivity index (χ3v) is 4.46. The van der Waals surface area contributed by atoms with E-state index in [1.807, 2.05) is 30.3 Å². The highest BCUT2D eigenvalue weighted by Crippen LogP contribution is 2.14. The highest BCUT2D eigenvalue weighted by Gasteiger charge is 2.17. The molecule has 1 amide bonds. The molecule has 0 saturated carbocycles. The van der Waals surface area contributed by atoms with Crippen LogP contribution in [0.5, 0.6) is 5.75 Å². The Morgan fingerprint density at radius 1 is 1.28 bits per heavy atom. The monoisotopic (exact) mass is 361 g/mol. The van der Waals surface area contributed by atoms with E-state index < -0.39 is 0 Å². The van der Waals surface area contributed by atoms with Gasteiger partial charge in [0.05, 0.1) is 24.7 Å². The van der Waals surface area contributed by atoms with Crippen molar-refractivity contribution in [2.45, 2.75) is 11.8 Å². The molecular weight excluding hydrogens is 342 g/mol. The number of nitrogens with zero attached hydrogens (tertiary/aromatic N) is 2. The molecule has 0 spiro atoms. The lowest BCUT2D eigenvalue weighted by Gasteiger charge is -2.26. The number of aromatic amines is 1. The summed E-state index contributed by atoms with van der Waals surface area (Å²) in [7, 11) is 0. The smallest absolute Gasteiger partial charge is 0.251 e. The highest BCUT2D eigenvalue weighted by atomic mass is 32.2. The first-order chi connectivity index (χ1) is 12.2. The van der Waals surface area contributed by atoms with Gasteiger partial charge in [0.2, 0.25) is 5.91 Å². The van der Waals surface area contributed by atoms with E-state index in [0.717, 1.165) is 0 Å². The van der Waals surface area contributed by atoms with Crippen LogP contribution >= 0.6 is 11.8 Å². The van der Waals surface area contributed by atoms with Crippen LogP contribution in [0, 0.1) is 0 Å². The maximum Gasteiger partial charge on any atom is 0.251 e. The van der Waals surface area contributed by atoms with Gasteiger partial charge in [-0.05, 0) is 12.1 Å². The molecular formula is C17H19N3O4S. The van der Waals surface area contributed by atoms with E-state index in [1.165, 1.54) is 17.8 Å². The van der Waals surface area contributed by atoms with Crippen LogP contribution in [0.2, 0.25) is 0 Å². The molecule has 1 aliphatic heterocycles. The third-order valence-electron chi connectivity index (χ3n) is 3.60. The SMILES string of the molecule is O=C(CSc1nc(COc2ccccc2)cc(=O)[nH]1)N1CCOCC1. The molecule has 0 bridgehead atoms. The normalized spacial score (nSPS) is 14.3. The first-order valence-electron chi connectivity index (χ1n) is 7.97. The van der Waals surface area contributed by atoms with Gasteiger partial charge in [0.25, 0.3) is 5.56 Å². The Labute approximate surface area is 149 Å². The number of aromatic nitrogens is 2. The topological polar surface area (TPSA) is 84.5 Å². The van der Waals surface area contributed by atoms with Gasteiger partial charge in [0, 0.05) is 19.2 Å². The molecule has 8 heteroatoms. The molecule has 1 aliphatic rings. The Balaban J connectivity index is 1.57. The summed E-state index contributed by atoms with van der Waals surface area (Å²) in [6.45, 7) is 2.54. The number of carbonyl (C=O) groups excluding carboxylic acids is 1.